The second-order valence-electron chi connectivity index (χ2n) is 7.76. The van der Waals surface area contributed by atoms with Crippen LogP contribution in [0.4, 0.5) is 0 Å². The maximum Gasteiger partial charge on any atom is 0.257 e. The molecule has 3 aliphatic heterocycles. The quantitative estimate of drug-likeness (QED) is 0.819. The molecule has 1 N–H and O–H groups in total. The van der Waals surface area contributed by atoms with Gasteiger partial charge in [0.15, 0.2) is 0 Å². The molecule has 0 saturated carbocycles. The first kappa shape index (κ1) is 19.7. The first-order valence-electron chi connectivity index (χ1n) is 9.92. The van der Waals surface area contributed by atoms with Gasteiger partial charge in [-0.3, -0.25) is 9.59 Å². The van der Waals surface area contributed by atoms with E-state index in [0.29, 0.717) is 44.1 Å². The smallest absolute Gasteiger partial charge is 0.257 e. The van der Waals surface area contributed by atoms with Gasteiger partial charge in [-0.25, -0.2) is 0 Å². The third-order valence-electron chi connectivity index (χ3n) is 6.01. The number of carbonyl (C=O) groups excluding carboxylic acids is 2. The molecule has 6 nitrogen and oxygen atoms in total. The fourth-order valence-electron chi connectivity index (χ4n) is 4.11. The number of hydrogen-bond donors (Lipinski definition) is 1. The molecule has 0 radical (unpaired) electrons. The van der Waals surface area contributed by atoms with Gasteiger partial charge >= 0.3 is 0 Å². The summed E-state index contributed by atoms with van der Waals surface area (Å²) < 4.78 is 5.88. The summed E-state index contributed by atoms with van der Waals surface area (Å²) in [4.78, 5) is 28.6. The topological polar surface area (TPSA) is 70.1 Å². The van der Waals surface area contributed by atoms with Gasteiger partial charge in [0.2, 0.25) is 5.91 Å². The molecule has 0 aliphatic carbocycles. The molecule has 3 aliphatic rings. The number of ether oxygens (including phenoxy) is 1. The van der Waals surface area contributed by atoms with E-state index < -0.39 is 0 Å². The highest BCUT2D eigenvalue weighted by Gasteiger charge is 2.35. The highest BCUT2D eigenvalue weighted by atomic mass is 16.5. The minimum atomic E-state index is -0.103. The molecule has 0 unspecified atom stereocenters. The van der Waals surface area contributed by atoms with Crippen molar-refractivity contribution >= 4 is 11.8 Å². The number of benzene rings is 1. The fourth-order valence-corrected chi connectivity index (χ4v) is 4.11. The summed E-state index contributed by atoms with van der Waals surface area (Å²) >= 11 is 0. The number of para-hydroxylation sites is 1. The van der Waals surface area contributed by atoms with Crippen LogP contribution in [0.1, 0.15) is 49.4 Å². The molecule has 6 heteroatoms. The van der Waals surface area contributed by atoms with Crippen LogP contribution >= 0.6 is 0 Å². The van der Waals surface area contributed by atoms with E-state index in [1.165, 1.54) is 0 Å². The minimum Gasteiger partial charge on any atom is -0.491 e. The summed E-state index contributed by atoms with van der Waals surface area (Å²) in [6, 6.07) is 7.31. The summed E-state index contributed by atoms with van der Waals surface area (Å²) in [5.41, 5.74) is 0.465. The highest BCUT2D eigenvalue weighted by molar-refractivity contribution is 5.97. The van der Waals surface area contributed by atoms with E-state index in [-0.39, 0.29) is 23.8 Å². The monoisotopic (exact) mass is 374 g/mol. The zero-order valence-corrected chi connectivity index (χ0v) is 16.2. The van der Waals surface area contributed by atoms with Gasteiger partial charge in [0, 0.05) is 33.2 Å². The van der Waals surface area contributed by atoms with Gasteiger partial charge in [0.05, 0.1) is 12.1 Å². The minimum absolute atomic E-state index is 0.0181. The van der Waals surface area contributed by atoms with Gasteiger partial charge in [-0.2, -0.15) is 0 Å². The number of piperidine rings is 1. The third kappa shape index (κ3) is 4.61. The molecule has 27 heavy (non-hydrogen) atoms. The Morgan fingerprint density at radius 3 is 2.56 bits per heavy atom. The molecule has 1 fully saturated rings. The van der Waals surface area contributed by atoms with Gasteiger partial charge in [0.25, 0.3) is 5.91 Å². The maximum absolute atomic E-state index is 13.0. The molecule has 3 heterocycles. The lowest BCUT2D eigenvalue weighted by molar-refractivity contribution is -0.129. The Balaban J connectivity index is 1.83. The Hall–Kier alpha value is -2.08. The van der Waals surface area contributed by atoms with E-state index in [1.807, 2.05) is 23.1 Å². The van der Waals surface area contributed by atoms with Crippen molar-refractivity contribution < 1.29 is 19.4 Å². The number of carbonyl (C=O) groups is 2. The summed E-state index contributed by atoms with van der Waals surface area (Å²) in [7, 11) is 0. The summed E-state index contributed by atoms with van der Waals surface area (Å²) in [5.74, 6) is 0.589. The van der Waals surface area contributed by atoms with E-state index in [2.05, 4.69) is 0 Å². The molecular weight excluding hydrogens is 344 g/mol. The standard InChI is InChI=1S/C21H30N2O4/c1-17(25)22-11-5-4-8-21(16-24)9-12-23(13-10-21)20(26)18-6-2-3-7-19(18)27-15-14-22/h2-3,6-7,24H,4-5,8-16H2,1H3. The van der Waals surface area contributed by atoms with Crippen LogP contribution in [0, 0.1) is 5.41 Å². The van der Waals surface area contributed by atoms with Gasteiger partial charge < -0.3 is 19.6 Å². The van der Waals surface area contributed by atoms with Crippen LogP contribution in [0.3, 0.4) is 0 Å². The molecule has 148 valence electrons. The van der Waals surface area contributed by atoms with E-state index in [9.17, 15) is 14.7 Å². The number of fused-ring (bicyclic) bond motifs is 9. The first-order chi connectivity index (χ1) is 13.0. The van der Waals surface area contributed by atoms with Crippen LogP contribution in [0.25, 0.3) is 0 Å². The lowest BCUT2D eigenvalue weighted by atomic mass is 9.75. The zero-order valence-electron chi connectivity index (χ0n) is 16.2. The van der Waals surface area contributed by atoms with Crippen molar-refractivity contribution in [3.8, 4) is 5.75 Å². The number of rotatable bonds is 1. The predicted molar refractivity (Wildman–Crippen MR) is 103 cm³/mol. The predicted octanol–water partition coefficient (Wildman–Crippen LogP) is 2.31. The molecule has 0 atom stereocenters. The van der Waals surface area contributed by atoms with Gasteiger partial charge in [-0.15, -0.1) is 0 Å². The summed E-state index contributed by atoms with van der Waals surface area (Å²) in [6.07, 6.45) is 4.45. The van der Waals surface area contributed by atoms with E-state index >= 15 is 0 Å². The van der Waals surface area contributed by atoms with Crippen molar-refractivity contribution in [3.63, 3.8) is 0 Å². The number of aliphatic hydroxyl groups excluding tert-OH is 1. The molecule has 0 aromatic heterocycles. The molecule has 1 aromatic rings. The van der Waals surface area contributed by atoms with Crippen molar-refractivity contribution in [3.05, 3.63) is 29.8 Å². The summed E-state index contributed by atoms with van der Waals surface area (Å²) in [5, 5.41) is 9.99. The second kappa shape index (κ2) is 8.74. The SMILES string of the molecule is CC(=O)N1CCCCC2(CO)CCN(CC2)C(=O)c2ccccc2OCC1. The Bertz CT molecular complexity index is 668. The Morgan fingerprint density at radius 1 is 1.11 bits per heavy atom. The van der Waals surface area contributed by atoms with Crippen LogP contribution < -0.4 is 4.74 Å². The second-order valence-corrected chi connectivity index (χ2v) is 7.76. The maximum atomic E-state index is 13.0. The third-order valence-corrected chi connectivity index (χ3v) is 6.01. The number of hydrogen-bond acceptors (Lipinski definition) is 4. The molecular formula is C21H30N2O4. The van der Waals surface area contributed by atoms with E-state index in [0.717, 1.165) is 32.1 Å². The Kier molecular flexibility index (Phi) is 6.37. The van der Waals surface area contributed by atoms with Crippen molar-refractivity contribution in [2.45, 2.75) is 39.0 Å². The fraction of sp³-hybridized carbons (Fsp3) is 0.619. The van der Waals surface area contributed by atoms with Crippen molar-refractivity contribution in [2.75, 3.05) is 39.4 Å². The van der Waals surface area contributed by atoms with Crippen molar-refractivity contribution in [1.82, 2.24) is 9.80 Å². The van der Waals surface area contributed by atoms with E-state index in [4.69, 9.17) is 4.74 Å². The molecule has 1 saturated heterocycles. The van der Waals surface area contributed by atoms with Gasteiger partial charge in [-0.05, 0) is 43.2 Å². The van der Waals surface area contributed by atoms with Crippen LogP contribution in [0.5, 0.6) is 5.75 Å². The van der Waals surface area contributed by atoms with Crippen molar-refractivity contribution in [1.29, 1.82) is 0 Å². The first-order valence-corrected chi connectivity index (χ1v) is 9.92. The van der Waals surface area contributed by atoms with Crippen LogP contribution in [0.2, 0.25) is 0 Å². The zero-order chi connectivity index (χ0) is 19.3. The van der Waals surface area contributed by atoms with Crippen LogP contribution in [-0.2, 0) is 4.79 Å². The lowest BCUT2D eigenvalue weighted by Crippen LogP contribution is -2.44. The van der Waals surface area contributed by atoms with Gasteiger partial charge in [0.1, 0.15) is 12.4 Å². The normalized spacial score (nSPS) is 21.0. The molecule has 2 bridgehead atoms. The average molecular weight is 374 g/mol. The number of nitrogens with zero attached hydrogens (tertiary/aromatic N) is 2. The number of aliphatic hydroxyl groups is 1. The highest BCUT2D eigenvalue weighted by Crippen LogP contribution is 2.37. The average Bonchev–Trinajstić information content (AvgIpc) is 2.70. The Labute approximate surface area is 161 Å². The summed E-state index contributed by atoms with van der Waals surface area (Å²) in [6.45, 7) is 4.63. The van der Waals surface area contributed by atoms with Crippen LogP contribution in [0.15, 0.2) is 24.3 Å². The molecule has 2 amide bonds. The van der Waals surface area contributed by atoms with Crippen molar-refractivity contribution in [2.24, 2.45) is 5.41 Å². The molecule has 1 aromatic carbocycles. The Morgan fingerprint density at radius 2 is 1.85 bits per heavy atom. The molecule has 0 spiro atoms. The molecule has 4 rings (SSSR count). The van der Waals surface area contributed by atoms with Gasteiger partial charge in [-0.1, -0.05) is 18.6 Å². The number of amides is 2. The largest absolute Gasteiger partial charge is 0.491 e. The lowest BCUT2D eigenvalue weighted by Gasteiger charge is -2.41. The van der Waals surface area contributed by atoms with E-state index in [1.54, 1.807) is 17.9 Å². The van der Waals surface area contributed by atoms with Crippen LogP contribution in [-0.4, -0.2) is 66.1 Å².